The highest BCUT2D eigenvalue weighted by Gasteiger charge is 2.31. The number of hydrogen-bond donors (Lipinski definition) is 2. The summed E-state index contributed by atoms with van der Waals surface area (Å²) in [7, 11) is 1.85. The van der Waals surface area contributed by atoms with Crippen LogP contribution in [0.3, 0.4) is 0 Å². The molecule has 0 bridgehead atoms. The molecule has 2 heterocycles. The van der Waals surface area contributed by atoms with Gasteiger partial charge in [-0.15, -0.1) is 0 Å². The van der Waals surface area contributed by atoms with Gasteiger partial charge in [0.05, 0.1) is 17.7 Å². The zero-order valence-corrected chi connectivity index (χ0v) is 13.5. The molecule has 0 saturated carbocycles. The van der Waals surface area contributed by atoms with Crippen molar-refractivity contribution in [2.75, 3.05) is 5.32 Å². The summed E-state index contributed by atoms with van der Waals surface area (Å²) in [6.07, 6.45) is 2.07. The van der Waals surface area contributed by atoms with Crippen molar-refractivity contribution in [1.29, 1.82) is 0 Å². The van der Waals surface area contributed by atoms with Gasteiger partial charge in [-0.2, -0.15) is 5.10 Å². The average molecular weight is 312 g/mol. The lowest BCUT2D eigenvalue weighted by molar-refractivity contribution is -0.126. The smallest absolute Gasteiger partial charge is 0.228 e. The molecule has 0 spiro atoms. The molecule has 0 fully saturated rings. The minimum Gasteiger partial charge on any atom is -0.349 e. The van der Waals surface area contributed by atoms with E-state index in [9.17, 15) is 9.59 Å². The molecule has 2 N–H and O–H groups in total. The monoisotopic (exact) mass is 312 g/mol. The van der Waals surface area contributed by atoms with E-state index in [4.69, 9.17) is 0 Å². The highest BCUT2D eigenvalue weighted by Crippen LogP contribution is 2.32. The molecule has 1 aromatic carbocycles. The summed E-state index contributed by atoms with van der Waals surface area (Å²) in [6.45, 7) is 3.85. The molecular weight excluding hydrogens is 292 g/mol. The van der Waals surface area contributed by atoms with Crippen molar-refractivity contribution in [2.45, 2.75) is 32.2 Å². The van der Waals surface area contributed by atoms with Gasteiger partial charge in [0.2, 0.25) is 11.8 Å². The SMILES string of the molecule is Cc1nn(C)cc1C(C)NC(=O)C1CC(=O)Nc2ccccc21. The lowest BCUT2D eigenvalue weighted by atomic mass is 9.89. The van der Waals surface area contributed by atoms with Crippen LogP contribution in [0, 0.1) is 6.92 Å². The Hall–Kier alpha value is -2.63. The van der Waals surface area contributed by atoms with Crippen molar-refractivity contribution in [2.24, 2.45) is 7.05 Å². The fourth-order valence-electron chi connectivity index (χ4n) is 3.08. The first-order valence-corrected chi connectivity index (χ1v) is 7.65. The Morgan fingerprint density at radius 2 is 2.17 bits per heavy atom. The van der Waals surface area contributed by atoms with Gasteiger partial charge in [-0.3, -0.25) is 14.3 Å². The van der Waals surface area contributed by atoms with Crippen LogP contribution in [-0.4, -0.2) is 21.6 Å². The van der Waals surface area contributed by atoms with Crippen molar-refractivity contribution in [3.05, 3.63) is 47.3 Å². The van der Waals surface area contributed by atoms with Crippen molar-refractivity contribution >= 4 is 17.5 Å². The van der Waals surface area contributed by atoms with Gasteiger partial charge in [0, 0.05) is 30.9 Å². The molecule has 0 radical (unpaired) electrons. The highest BCUT2D eigenvalue weighted by atomic mass is 16.2. The Morgan fingerprint density at radius 1 is 1.43 bits per heavy atom. The van der Waals surface area contributed by atoms with Gasteiger partial charge >= 0.3 is 0 Å². The number of carbonyl (C=O) groups is 2. The number of nitrogens with zero attached hydrogens (tertiary/aromatic N) is 2. The van der Waals surface area contributed by atoms with E-state index in [1.54, 1.807) is 4.68 Å². The molecule has 0 aliphatic carbocycles. The maximum absolute atomic E-state index is 12.7. The van der Waals surface area contributed by atoms with E-state index in [0.29, 0.717) is 5.69 Å². The molecule has 2 unspecified atom stereocenters. The third kappa shape index (κ3) is 2.97. The Bertz CT molecular complexity index is 766. The summed E-state index contributed by atoms with van der Waals surface area (Å²) in [6, 6.07) is 7.28. The number of amides is 2. The second-order valence-electron chi connectivity index (χ2n) is 5.97. The number of hydrogen-bond acceptors (Lipinski definition) is 3. The predicted molar refractivity (Wildman–Crippen MR) is 86.9 cm³/mol. The van der Waals surface area contributed by atoms with Gasteiger partial charge < -0.3 is 10.6 Å². The van der Waals surface area contributed by atoms with Gasteiger partial charge in [0.15, 0.2) is 0 Å². The van der Waals surface area contributed by atoms with Crippen LogP contribution in [0.1, 0.15) is 42.1 Å². The molecule has 1 aliphatic heterocycles. The minimum atomic E-state index is -0.459. The lowest BCUT2D eigenvalue weighted by Crippen LogP contribution is -2.36. The average Bonchev–Trinajstić information content (AvgIpc) is 2.85. The number of fused-ring (bicyclic) bond motifs is 1. The molecule has 6 nitrogen and oxygen atoms in total. The second-order valence-corrected chi connectivity index (χ2v) is 5.97. The zero-order chi connectivity index (χ0) is 16.6. The van der Waals surface area contributed by atoms with Crippen LogP contribution in [0.5, 0.6) is 0 Å². The minimum absolute atomic E-state index is 0.130. The summed E-state index contributed by atoms with van der Waals surface area (Å²) in [5.41, 5.74) is 3.45. The van der Waals surface area contributed by atoms with Crippen molar-refractivity contribution in [1.82, 2.24) is 15.1 Å². The molecule has 1 aromatic heterocycles. The lowest BCUT2D eigenvalue weighted by Gasteiger charge is -2.26. The van der Waals surface area contributed by atoms with Crippen LogP contribution in [-0.2, 0) is 16.6 Å². The van der Waals surface area contributed by atoms with Crippen LogP contribution in [0.15, 0.2) is 30.5 Å². The van der Waals surface area contributed by atoms with Crippen LogP contribution in [0.25, 0.3) is 0 Å². The first-order valence-electron chi connectivity index (χ1n) is 7.65. The molecular formula is C17H20N4O2. The zero-order valence-electron chi connectivity index (χ0n) is 13.5. The van der Waals surface area contributed by atoms with Crippen LogP contribution in [0.2, 0.25) is 0 Å². The summed E-state index contributed by atoms with van der Waals surface area (Å²) < 4.78 is 1.73. The van der Waals surface area contributed by atoms with Crippen molar-refractivity contribution in [3.8, 4) is 0 Å². The number of para-hydroxylation sites is 1. The maximum atomic E-state index is 12.7. The van der Waals surface area contributed by atoms with Gasteiger partial charge in [-0.05, 0) is 25.5 Å². The molecule has 2 amide bonds. The van der Waals surface area contributed by atoms with E-state index in [1.165, 1.54) is 0 Å². The van der Waals surface area contributed by atoms with Gasteiger partial charge in [0.1, 0.15) is 0 Å². The quantitative estimate of drug-likeness (QED) is 0.910. The third-order valence-electron chi connectivity index (χ3n) is 4.19. The van der Waals surface area contributed by atoms with Gasteiger partial charge in [0.25, 0.3) is 0 Å². The molecule has 0 saturated heterocycles. The molecule has 2 aromatic rings. The first kappa shape index (κ1) is 15.3. The normalized spacial score (nSPS) is 18.0. The summed E-state index contributed by atoms with van der Waals surface area (Å²) in [5, 5.41) is 10.1. The standard InChI is InChI=1S/C17H20N4O2/c1-10(14-9-21(3)20-11(14)2)18-17(23)13-8-16(22)19-15-7-5-4-6-12(13)15/h4-7,9-10,13H,8H2,1-3H3,(H,18,23)(H,19,22). The van der Waals surface area contributed by atoms with Crippen LogP contribution < -0.4 is 10.6 Å². The highest BCUT2D eigenvalue weighted by molar-refractivity contribution is 6.01. The van der Waals surface area contributed by atoms with E-state index in [1.807, 2.05) is 51.4 Å². The van der Waals surface area contributed by atoms with Crippen LogP contribution >= 0.6 is 0 Å². The Labute approximate surface area is 134 Å². The Kier molecular flexibility index (Phi) is 3.90. The first-order chi connectivity index (χ1) is 11.0. The van der Waals surface area contributed by atoms with E-state index < -0.39 is 5.92 Å². The van der Waals surface area contributed by atoms with Crippen molar-refractivity contribution in [3.63, 3.8) is 0 Å². The molecule has 23 heavy (non-hydrogen) atoms. The summed E-state index contributed by atoms with van der Waals surface area (Å²) >= 11 is 0. The topological polar surface area (TPSA) is 76.0 Å². The molecule has 120 valence electrons. The van der Waals surface area contributed by atoms with E-state index in [-0.39, 0.29) is 24.3 Å². The predicted octanol–water partition coefficient (Wildman–Crippen LogP) is 2.03. The third-order valence-corrected chi connectivity index (χ3v) is 4.19. The van der Waals surface area contributed by atoms with Gasteiger partial charge in [-0.1, -0.05) is 18.2 Å². The van der Waals surface area contributed by atoms with Crippen LogP contribution in [0.4, 0.5) is 5.69 Å². The number of carbonyl (C=O) groups excluding carboxylic acids is 2. The van der Waals surface area contributed by atoms with Crippen molar-refractivity contribution < 1.29 is 9.59 Å². The number of nitrogens with one attached hydrogen (secondary N) is 2. The molecule has 3 rings (SSSR count). The second kappa shape index (κ2) is 5.87. The summed E-state index contributed by atoms with van der Waals surface area (Å²) in [4.78, 5) is 24.5. The molecule has 1 aliphatic rings. The molecule has 6 heteroatoms. The number of benzene rings is 1. The fraction of sp³-hybridized carbons (Fsp3) is 0.353. The van der Waals surface area contributed by atoms with Gasteiger partial charge in [-0.25, -0.2) is 0 Å². The fourth-order valence-corrected chi connectivity index (χ4v) is 3.08. The summed E-state index contributed by atoms with van der Waals surface area (Å²) in [5.74, 6) is -0.725. The number of aromatic nitrogens is 2. The number of anilines is 1. The Balaban J connectivity index is 1.81. The van der Waals surface area contributed by atoms with E-state index in [0.717, 1.165) is 16.8 Å². The Morgan fingerprint density at radius 3 is 2.87 bits per heavy atom. The number of rotatable bonds is 3. The van der Waals surface area contributed by atoms with E-state index in [2.05, 4.69) is 15.7 Å². The van der Waals surface area contributed by atoms with E-state index >= 15 is 0 Å². The maximum Gasteiger partial charge on any atom is 0.228 e. The largest absolute Gasteiger partial charge is 0.349 e. The number of aryl methyl sites for hydroxylation is 2. The molecule has 2 atom stereocenters.